The molecule has 4 N–H and O–H groups in total. The lowest BCUT2D eigenvalue weighted by molar-refractivity contribution is 0.262. The van der Waals surface area contributed by atoms with E-state index in [9.17, 15) is 5.11 Å². The molecular weight excluding hydrogens is 182 g/mol. The first-order valence-corrected chi connectivity index (χ1v) is 4.48. The van der Waals surface area contributed by atoms with Crippen LogP contribution in [0, 0.1) is 0 Å². The Hall–Kier alpha value is -1.20. The van der Waals surface area contributed by atoms with Crippen molar-refractivity contribution >= 4 is 0 Å². The van der Waals surface area contributed by atoms with Gasteiger partial charge in [-0.15, -0.1) is 0 Å². The van der Waals surface area contributed by atoms with Crippen molar-refractivity contribution in [2.75, 3.05) is 6.61 Å². The number of hydrogen-bond donors (Lipinski definition) is 3. The summed E-state index contributed by atoms with van der Waals surface area (Å²) >= 11 is 0. The standard InChI is InChI=1S/C9H15N3O2/c1-5(2)9-11-3-7(14)8(12-9)6(10)4-13/h3,5-6,13-14H,4,10H2,1-2H3. The molecule has 0 aromatic carbocycles. The zero-order valence-corrected chi connectivity index (χ0v) is 8.31. The Kier molecular flexibility index (Phi) is 3.38. The number of nitrogens with two attached hydrogens (primary N) is 1. The first-order valence-electron chi connectivity index (χ1n) is 4.48. The third kappa shape index (κ3) is 2.18. The Morgan fingerprint density at radius 2 is 2.14 bits per heavy atom. The van der Waals surface area contributed by atoms with Gasteiger partial charge in [0.1, 0.15) is 11.5 Å². The smallest absolute Gasteiger partial charge is 0.157 e. The molecule has 0 bridgehead atoms. The topological polar surface area (TPSA) is 92.3 Å². The zero-order valence-electron chi connectivity index (χ0n) is 8.31. The number of rotatable bonds is 3. The monoisotopic (exact) mass is 197 g/mol. The average Bonchev–Trinajstić information content (AvgIpc) is 2.17. The molecule has 78 valence electrons. The summed E-state index contributed by atoms with van der Waals surface area (Å²) in [6, 6.07) is -0.657. The van der Waals surface area contributed by atoms with E-state index in [4.69, 9.17) is 10.8 Å². The highest BCUT2D eigenvalue weighted by Gasteiger charge is 2.14. The minimum absolute atomic E-state index is 0.0732. The van der Waals surface area contributed by atoms with Crippen LogP contribution in [0.3, 0.4) is 0 Å². The summed E-state index contributed by atoms with van der Waals surface area (Å²) in [7, 11) is 0. The molecule has 0 saturated carbocycles. The fourth-order valence-electron chi connectivity index (χ4n) is 1.04. The van der Waals surface area contributed by atoms with Gasteiger partial charge in [0, 0.05) is 5.92 Å². The van der Waals surface area contributed by atoms with Crippen molar-refractivity contribution in [2.24, 2.45) is 5.73 Å². The first kappa shape index (κ1) is 10.9. The van der Waals surface area contributed by atoms with Gasteiger partial charge in [0.2, 0.25) is 0 Å². The second kappa shape index (κ2) is 4.34. The van der Waals surface area contributed by atoms with Crippen LogP contribution >= 0.6 is 0 Å². The van der Waals surface area contributed by atoms with Crippen LogP contribution in [0.2, 0.25) is 0 Å². The van der Waals surface area contributed by atoms with Crippen LogP contribution in [0.1, 0.15) is 37.3 Å². The van der Waals surface area contributed by atoms with Crippen molar-refractivity contribution in [3.05, 3.63) is 17.7 Å². The van der Waals surface area contributed by atoms with Gasteiger partial charge in [-0.05, 0) is 0 Å². The van der Waals surface area contributed by atoms with Crippen LogP contribution in [0.15, 0.2) is 6.20 Å². The summed E-state index contributed by atoms with van der Waals surface area (Å²) in [5, 5.41) is 18.2. The summed E-state index contributed by atoms with van der Waals surface area (Å²) < 4.78 is 0. The van der Waals surface area contributed by atoms with Crippen molar-refractivity contribution in [1.29, 1.82) is 0 Å². The molecule has 5 heteroatoms. The maximum Gasteiger partial charge on any atom is 0.157 e. The van der Waals surface area contributed by atoms with E-state index in [2.05, 4.69) is 9.97 Å². The van der Waals surface area contributed by atoms with Crippen LogP contribution in [0.5, 0.6) is 5.75 Å². The van der Waals surface area contributed by atoms with Crippen LogP contribution < -0.4 is 5.73 Å². The molecule has 1 unspecified atom stereocenters. The number of aromatic nitrogens is 2. The number of hydrogen-bond acceptors (Lipinski definition) is 5. The molecule has 0 aliphatic carbocycles. The van der Waals surface area contributed by atoms with E-state index >= 15 is 0 Å². The molecule has 0 amide bonds. The van der Waals surface area contributed by atoms with E-state index in [1.807, 2.05) is 13.8 Å². The van der Waals surface area contributed by atoms with Gasteiger partial charge >= 0.3 is 0 Å². The normalized spacial score (nSPS) is 13.2. The van der Waals surface area contributed by atoms with E-state index in [0.717, 1.165) is 0 Å². The highest BCUT2D eigenvalue weighted by atomic mass is 16.3. The van der Waals surface area contributed by atoms with Crippen molar-refractivity contribution in [1.82, 2.24) is 9.97 Å². The molecule has 5 nitrogen and oxygen atoms in total. The predicted molar refractivity (Wildman–Crippen MR) is 51.8 cm³/mol. The Morgan fingerprint density at radius 1 is 1.50 bits per heavy atom. The highest BCUT2D eigenvalue weighted by molar-refractivity contribution is 5.26. The van der Waals surface area contributed by atoms with E-state index in [1.54, 1.807) is 0 Å². The molecule has 14 heavy (non-hydrogen) atoms. The molecule has 0 radical (unpaired) electrons. The van der Waals surface area contributed by atoms with Crippen molar-refractivity contribution in [2.45, 2.75) is 25.8 Å². The van der Waals surface area contributed by atoms with Crippen LogP contribution in [0.4, 0.5) is 0 Å². The molecule has 1 aromatic rings. The molecular formula is C9H15N3O2. The second-order valence-electron chi connectivity index (χ2n) is 3.44. The lowest BCUT2D eigenvalue weighted by Gasteiger charge is -2.11. The van der Waals surface area contributed by atoms with Gasteiger partial charge in [-0.1, -0.05) is 13.8 Å². The third-order valence-electron chi connectivity index (χ3n) is 1.88. The summed E-state index contributed by atoms with van der Waals surface area (Å²) in [4.78, 5) is 8.05. The van der Waals surface area contributed by atoms with E-state index in [1.165, 1.54) is 6.20 Å². The third-order valence-corrected chi connectivity index (χ3v) is 1.88. The molecule has 0 saturated heterocycles. The number of aliphatic hydroxyl groups is 1. The molecule has 0 aliphatic rings. The molecule has 0 aliphatic heterocycles. The minimum Gasteiger partial charge on any atom is -0.504 e. The minimum atomic E-state index is -0.657. The number of aromatic hydroxyl groups is 1. The van der Waals surface area contributed by atoms with E-state index in [-0.39, 0.29) is 18.3 Å². The SMILES string of the molecule is CC(C)c1ncc(O)c(C(N)CO)n1. The predicted octanol–water partition coefficient (Wildman–Crippen LogP) is 0.298. The maximum atomic E-state index is 9.40. The Bertz CT molecular complexity index is 315. The van der Waals surface area contributed by atoms with Crippen molar-refractivity contribution in [3.8, 4) is 5.75 Å². The van der Waals surface area contributed by atoms with Gasteiger partial charge in [0.25, 0.3) is 0 Å². The highest BCUT2D eigenvalue weighted by Crippen LogP contribution is 2.21. The number of aliphatic hydroxyl groups excluding tert-OH is 1. The first-order chi connectivity index (χ1) is 6.56. The molecule has 1 atom stereocenters. The second-order valence-corrected chi connectivity index (χ2v) is 3.44. The fraction of sp³-hybridized carbons (Fsp3) is 0.556. The lowest BCUT2D eigenvalue weighted by atomic mass is 10.1. The fourth-order valence-corrected chi connectivity index (χ4v) is 1.04. The number of nitrogens with zero attached hydrogens (tertiary/aromatic N) is 2. The molecule has 0 fully saturated rings. The Balaban J connectivity index is 3.08. The quantitative estimate of drug-likeness (QED) is 0.648. The zero-order chi connectivity index (χ0) is 10.7. The van der Waals surface area contributed by atoms with Gasteiger partial charge in [-0.25, -0.2) is 9.97 Å². The maximum absolute atomic E-state index is 9.40. The van der Waals surface area contributed by atoms with Crippen LogP contribution in [-0.4, -0.2) is 26.8 Å². The van der Waals surface area contributed by atoms with Gasteiger partial charge in [0.15, 0.2) is 5.75 Å². The molecule has 0 spiro atoms. The summed E-state index contributed by atoms with van der Waals surface area (Å²) in [6.07, 6.45) is 1.31. The lowest BCUT2D eigenvalue weighted by Crippen LogP contribution is -2.17. The summed E-state index contributed by atoms with van der Waals surface area (Å²) in [5.74, 6) is 0.706. The van der Waals surface area contributed by atoms with Crippen LogP contribution in [0.25, 0.3) is 0 Å². The van der Waals surface area contributed by atoms with Gasteiger partial charge in [0.05, 0.1) is 18.8 Å². The summed E-state index contributed by atoms with van der Waals surface area (Å²) in [5.41, 5.74) is 5.86. The Morgan fingerprint density at radius 3 is 2.64 bits per heavy atom. The van der Waals surface area contributed by atoms with E-state index < -0.39 is 6.04 Å². The average molecular weight is 197 g/mol. The molecule has 1 aromatic heterocycles. The molecule has 1 rings (SSSR count). The summed E-state index contributed by atoms with van der Waals surface area (Å²) in [6.45, 7) is 3.64. The van der Waals surface area contributed by atoms with E-state index in [0.29, 0.717) is 11.5 Å². The van der Waals surface area contributed by atoms with Crippen LogP contribution in [-0.2, 0) is 0 Å². The Labute approximate surface area is 82.6 Å². The van der Waals surface area contributed by atoms with Gasteiger partial charge in [-0.2, -0.15) is 0 Å². The molecule has 1 heterocycles. The van der Waals surface area contributed by atoms with Gasteiger partial charge < -0.3 is 15.9 Å². The van der Waals surface area contributed by atoms with Gasteiger partial charge in [-0.3, -0.25) is 0 Å². The van der Waals surface area contributed by atoms with Crippen molar-refractivity contribution < 1.29 is 10.2 Å². The van der Waals surface area contributed by atoms with Crippen molar-refractivity contribution in [3.63, 3.8) is 0 Å². The largest absolute Gasteiger partial charge is 0.504 e.